The highest BCUT2D eigenvalue weighted by atomic mass is 35.5. The Morgan fingerprint density at radius 3 is 2.91 bits per heavy atom. The number of halogens is 1. The maximum atomic E-state index is 13.0. The minimum atomic E-state index is -0.783. The highest BCUT2D eigenvalue weighted by Crippen LogP contribution is 2.29. The van der Waals surface area contributed by atoms with E-state index in [1.165, 1.54) is 0 Å². The Kier molecular flexibility index (Phi) is 6.64. The number of aliphatic hydroxyl groups is 1. The summed E-state index contributed by atoms with van der Waals surface area (Å²) in [6.45, 7) is 6.73. The number of aryl methyl sites for hydroxylation is 1. The summed E-state index contributed by atoms with van der Waals surface area (Å²) in [7, 11) is 0. The van der Waals surface area contributed by atoms with Crippen LogP contribution in [0.5, 0.6) is 0 Å². The number of aromatic nitrogens is 4. The Morgan fingerprint density at radius 1 is 1.36 bits per heavy atom. The van der Waals surface area contributed by atoms with Gasteiger partial charge in [-0.3, -0.25) is 9.36 Å². The molecule has 1 fully saturated rings. The van der Waals surface area contributed by atoms with E-state index in [2.05, 4.69) is 25.6 Å². The highest BCUT2D eigenvalue weighted by Gasteiger charge is 2.28. The number of hydrogen-bond acceptors (Lipinski definition) is 7. The van der Waals surface area contributed by atoms with Gasteiger partial charge in [-0.1, -0.05) is 23.7 Å². The Hall–Kier alpha value is -3.01. The number of anilines is 1. The van der Waals surface area contributed by atoms with Crippen LogP contribution in [0.3, 0.4) is 0 Å². The smallest absolute Gasteiger partial charge is 0.272 e. The predicted molar refractivity (Wildman–Crippen MR) is 125 cm³/mol. The lowest BCUT2D eigenvalue weighted by atomic mass is 9.90. The van der Waals surface area contributed by atoms with Gasteiger partial charge in [-0.15, -0.1) is 0 Å². The molecule has 3 aromatic rings. The molecule has 9 nitrogen and oxygen atoms in total. The van der Waals surface area contributed by atoms with E-state index < -0.39 is 5.54 Å². The lowest BCUT2D eigenvalue weighted by molar-refractivity contribution is 0.0906. The molecule has 2 aromatic heterocycles. The van der Waals surface area contributed by atoms with Crippen molar-refractivity contribution >= 4 is 23.5 Å². The predicted octanol–water partition coefficient (Wildman–Crippen LogP) is 2.98. The van der Waals surface area contributed by atoms with Crippen LogP contribution in [-0.2, 0) is 16.9 Å². The van der Waals surface area contributed by atoms with E-state index >= 15 is 0 Å². The van der Waals surface area contributed by atoms with Crippen molar-refractivity contribution < 1.29 is 14.6 Å². The van der Waals surface area contributed by atoms with Gasteiger partial charge in [0.2, 0.25) is 5.95 Å². The van der Waals surface area contributed by atoms with Crippen LogP contribution in [-0.4, -0.2) is 49.8 Å². The quantitative estimate of drug-likeness (QED) is 0.486. The molecule has 33 heavy (non-hydrogen) atoms. The minimum Gasteiger partial charge on any atom is -0.392 e. The van der Waals surface area contributed by atoms with Gasteiger partial charge in [0.05, 0.1) is 24.8 Å². The van der Waals surface area contributed by atoms with Crippen molar-refractivity contribution in [3.05, 3.63) is 64.3 Å². The summed E-state index contributed by atoms with van der Waals surface area (Å²) >= 11 is 6.23. The summed E-state index contributed by atoms with van der Waals surface area (Å²) in [5.41, 5.74) is 1.63. The van der Waals surface area contributed by atoms with Crippen molar-refractivity contribution in [2.75, 3.05) is 18.5 Å². The van der Waals surface area contributed by atoms with Crippen molar-refractivity contribution in [2.45, 2.75) is 45.4 Å². The van der Waals surface area contributed by atoms with Gasteiger partial charge in [-0.2, -0.15) is 4.98 Å². The summed E-state index contributed by atoms with van der Waals surface area (Å²) in [5.74, 6) is 0.787. The zero-order chi connectivity index (χ0) is 23.6. The van der Waals surface area contributed by atoms with Gasteiger partial charge in [0.15, 0.2) is 0 Å². The maximum Gasteiger partial charge on any atom is 0.272 e. The number of nitrogens with zero attached hydrogens (tertiary/aromatic N) is 4. The van der Waals surface area contributed by atoms with Crippen LogP contribution in [0.25, 0.3) is 5.82 Å². The first-order valence-electron chi connectivity index (χ1n) is 10.7. The lowest BCUT2D eigenvalue weighted by Crippen LogP contribution is -2.41. The molecular formula is C23H27ClN6O3. The molecule has 3 N–H and O–H groups in total. The normalized spacial score (nSPS) is 16.1. The van der Waals surface area contributed by atoms with Crippen LogP contribution in [0, 0.1) is 6.92 Å². The summed E-state index contributed by atoms with van der Waals surface area (Å²) < 4.78 is 7.09. The number of imidazole rings is 1. The van der Waals surface area contributed by atoms with E-state index in [0.29, 0.717) is 29.0 Å². The number of carbonyl (C=O) groups is 1. The third-order valence-electron chi connectivity index (χ3n) is 5.64. The molecule has 3 heterocycles. The van der Waals surface area contributed by atoms with E-state index in [-0.39, 0.29) is 24.2 Å². The molecule has 1 aliphatic rings. The molecule has 1 unspecified atom stereocenters. The third-order valence-corrected chi connectivity index (χ3v) is 6.00. The molecular weight excluding hydrogens is 444 g/mol. The topological polar surface area (TPSA) is 114 Å². The van der Waals surface area contributed by atoms with Gasteiger partial charge < -0.3 is 20.5 Å². The fourth-order valence-corrected chi connectivity index (χ4v) is 4.11. The highest BCUT2D eigenvalue weighted by molar-refractivity contribution is 6.31. The van der Waals surface area contributed by atoms with E-state index in [9.17, 15) is 9.90 Å². The Labute approximate surface area is 197 Å². The average molecular weight is 471 g/mol. The number of nitrogens with one attached hydrogen (secondary N) is 2. The average Bonchev–Trinajstić information content (AvgIpc) is 3.47. The van der Waals surface area contributed by atoms with Crippen molar-refractivity contribution in [2.24, 2.45) is 0 Å². The molecule has 0 bridgehead atoms. The van der Waals surface area contributed by atoms with Crippen LogP contribution in [0.2, 0.25) is 5.02 Å². The van der Waals surface area contributed by atoms with Gasteiger partial charge in [0.1, 0.15) is 17.8 Å². The Morgan fingerprint density at radius 2 is 2.18 bits per heavy atom. The first-order chi connectivity index (χ1) is 15.8. The molecule has 174 valence electrons. The SMILES string of the molecule is Cc1cnc(NC2CCOC2)nc1-n1cnc(C(=O)NC(C)(C)c2cccc(Cl)c2CO)c1. The van der Waals surface area contributed by atoms with E-state index in [4.69, 9.17) is 16.3 Å². The van der Waals surface area contributed by atoms with E-state index in [1.54, 1.807) is 35.4 Å². The summed E-state index contributed by atoms with van der Waals surface area (Å²) in [5, 5.41) is 16.5. The zero-order valence-corrected chi connectivity index (χ0v) is 19.6. The van der Waals surface area contributed by atoms with Crippen molar-refractivity contribution in [1.82, 2.24) is 24.8 Å². The molecule has 0 spiro atoms. The Bertz CT molecular complexity index is 1160. The molecule has 4 rings (SSSR count). The molecule has 10 heteroatoms. The number of rotatable bonds is 7. The van der Waals surface area contributed by atoms with Crippen molar-refractivity contribution in [1.29, 1.82) is 0 Å². The first-order valence-corrected chi connectivity index (χ1v) is 11.1. The van der Waals surface area contributed by atoms with Gasteiger partial charge >= 0.3 is 0 Å². The third kappa shape index (κ3) is 5.00. The summed E-state index contributed by atoms with van der Waals surface area (Å²) in [6.07, 6.45) is 5.83. The molecule has 0 aliphatic carbocycles. The second kappa shape index (κ2) is 9.46. The second-order valence-corrected chi connectivity index (χ2v) is 8.98. The molecule has 1 atom stereocenters. The summed E-state index contributed by atoms with van der Waals surface area (Å²) in [4.78, 5) is 26.2. The number of benzene rings is 1. The Balaban J connectivity index is 1.54. The van der Waals surface area contributed by atoms with Crippen molar-refractivity contribution in [3.8, 4) is 5.82 Å². The minimum absolute atomic E-state index is 0.183. The van der Waals surface area contributed by atoms with Gasteiger partial charge in [-0.05, 0) is 38.8 Å². The van der Waals surface area contributed by atoms with Crippen LogP contribution in [0.15, 0.2) is 36.9 Å². The second-order valence-electron chi connectivity index (χ2n) is 8.57. The zero-order valence-electron chi connectivity index (χ0n) is 18.8. The molecule has 1 aromatic carbocycles. The number of aliphatic hydroxyl groups excluding tert-OH is 1. The maximum absolute atomic E-state index is 13.0. The lowest BCUT2D eigenvalue weighted by Gasteiger charge is -2.29. The van der Waals surface area contributed by atoms with E-state index in [0.717, 1.165) is 24.2 Å². The van der Waals surface area contributed by atoms with Crippen LogP contribution < -0.4 is 10.6 Å². The van der Waals surface area contributed by atoms with Crippen LogP contribution in [0.1, 0.15) is 47.4 Å². The number of amides is 1. The fraction of sp³-hybridized carbons (Fsp3) is 0.391. The molecule has 1 aliphatic heterocycles. The van der Waals surface area contributed by atoms with Gasteiger partial charge in [0, 0.05) is 35.2 Å². The largest absolute Gasteiger partial charge is 0.392 e. The van der Waals surface area contributed by atoms with Crippen LogP contribution in [0.4, 0.5) is 5.95 Å². The summed E-state index contributed by atoms with van der Waals surface area (Å²) in [6, 6.07) is 5.52. The monoisotopic (exact) mass is 470 g/mol. The number of ether oxygens (including phenoxy) is 1. The number of hydrogen-bond donors (Lipinski definition) is 3. The van der Waals surface area contributed by atoms with Crippen molar-refractivity contribution in [3.63, 3.8) is 0 Å². The molecule has 1 amide bonds. The van der Waals surface area contributed by atoms with Crippen LogP contribution >= 0.6 is 11.6 Å². The standard InChI is InChI=1S/C23H27ClN6O3/c1-14-9-25-22(27-15-7-8-33-12-15)28-20(14)30-10-19(26-13-30)21(32)29-23(2,3)17-5-4-6-18(24)16(17)11-31/h4-6,9-10,13,15,31H,7-8,11-12H2,1-3H3,(H,29,32)(H,25,27,28). The molecule has 1 saturated heterocycles. The fourth-order valence-electron chi connectivity index (χ4n) is 3.87. The molecule has 0 radical (unpaired) electrons. The molecule has 0 saturated carbocycles. The first kappa shape index (κ1) is 23.2. The van der Waals surface area contributed by atoms with Gasteiger partial charge in [-0.25, -0.2) is 9.97 Å². The van der Waals surface area contributed by atoms with Gasteiger partial charge in [0.25, 0.3) is 5.91 Å². The number of carbonyl (C=O) groups excluding carboxylic acids is 1. The van der Waals surface area contributed by atoms with E-state index in [1.807, 2.05) is 26.8 Å².